The minimum atomic E-state index is -0.0256. The Morgan fingerprint density at radius 3 is 2.92 bits per heavy atom. The molecule has 1 heterocycles. The molecule has 12 heavy (non-hydrogen) atoms. The number of aliphatic hydroxyl groups is 1. The lowest BCUT2D eigenvalue weighted by molar-refractivity contribution is 0.0450. The van der Waals surface area contributed by atoms with Crippen molar-refractivity contribution in [2.75, 3.05) is 13.1 Å². The SMILES string of the molecule is OC1CC(CNC2=NCCC2)C1. The van der Waals surface area contributed by atoms with Crippen molar-refractivity contribution in [2.24, 2.45) is 10.9 Å². The molecular formula is C9H16N2O. The summed E-state index contributed by atoms with van der Waals surface area (Å²) in [6, 6.07) is 0. The molecule has 0 bridgehead atoms. The van der Waals surface area contributed by atoms with Gasteiger partial charge < -0.3 is 10.4 Å². The Bertz CT molecular complexity index is 185. The van der Waals surface area contributed by atoms with Crippen molar-refractivity contribution in [3.8, 4) is 0 Å². The molecule has 1 aliphatic heterocycles. The van der Waals surface area contributed by atoms with Gasteiger partial charge in [0.25, 0.3) is 0 Å². The second-order valence-electron chi connectivity index (χ2n) is 3.80. The molecule has 0 amide bonds. The Labute approximate surface area is 72.9 Å². The average molecular weight is 168 g/mol. The first-order valence-electron chi connectivity index (χ1n) is 4.80. The highest BCUT2D eigenvalue weighted by Gasteiger charge is 2.26. The van der Waals surface area contributed by atoms with E-state index in [2.05, 4.69) is 10.3 Å². The molecule has 0 unspecified atom stereocenters. The van der Waals surface area contributed by atoms with Crippen LogP contribution < -0.4 is 5.32 Å². The van der Waals surface area contributed by atoms with Crippen molar-refractivity contribution in [3.05, 3.63) is 0 Å². The lowest BCUT2D eigenvalue weighted by Crippen LogP contribution is -2.37. The van der Waals surface area contributed by atoms with Gasteiger partial charge in [0.1, 0.15) is 0 Å². The van der Waals surface area contributed by atoms with Crippen LogP contribution in [0.1, 0.15) is 25.7 Å². The maximum absolute atomic E-state index is 9.05. The lowest BCUT2D eigenvalue weighted by atomic mass is 9.82. The molecule has 0 atom stereocenters. The smallest absolute Gasteiger partial charge is 0.0963 e. The second-order valence-corrected chi connectivity index (χ2v) is 3.80. The third-order valence-electron chi connectivity index (χ3n) is 2.68. The zero-order chi connectivity index (χ0) is 8.39. The summed E-state index contributed by atoms with van der Waals surface area (Å²) in [5.41, 5.74) is 0. The molecule has 2 rings (SSSR count). The van der Waals surface area contributed by atoms with Crippen LogP contribution in [0.3, 0.4) is 0 Å². The maximum atomic E-state index is 9.05. The van der Waals surface area contributed by atoms with Gasteiger partial charge in [-0.25, -0.2) is 0 Å². The Balaban J connectivity index is 1.62. The molecule has 0 aromatic heterocycles. The Morgan fingerprint density at radius 1 is 1.50 bits per heavy atom. The summed E-state index contributed by atoms with van der Waals surface area (Å²) in [6.45, 7) is 2.01. The van der Waals surface area contributed by atoms with Crippen LogP contribution in [0.5, 0.6) is 0 Å². The molecule has 0 aromatic rings. The fourth-order valence-electron chi connectivity index (χ4n) is 1.81. The molecule has 3 nitrogen and oxygen atoms in total. The van der Waals surface area contributed by atoms with Crippen LogP contribution in [0.15, 0.2) is 4.99 Å². The van der Waals surface area contributed by atoms with Gasteiger partial charge in [-0.2, -0.15) is 0 Å². The zero-order valence-corrected chi connectivity index (χ0v) is 7.29. The summed E-state index contributed by atoms with van der Waals surface area (Å²) < 4.78 is 0. The summed E-state index contributed by atoms with van der Waals surface area (Å²) in [4.78, 5) is 4.33. The summed E-state index contributed by atoms with van der Waals surface area (Å²) in [5, 5.41) is 12.4. The van der Waals surface area contributed by atoms with Crippen LogP contribution in [-0.4, -0.2) is 30.1 Å². The number of rotatable bonds is 2. The Hall–Kier alpha value is -0.570. The van der Waals surface area contributed by atoms with Crippen LogP contribution in [0.4, 0.5) is 0 Å². The Morgan fingerprint density at radius 2 is 2.33 bits per heavy atom. The van der Waals surface area contributed by atoms with Gasteiger partial charge in [0.2, 0.25) is 0 Å². The van der Waals surface area contributed by atoms with Crippen molar-refractivity contribution in [2.45, 2.75) is 31.8 Å². The van der Waals surface area contributed by atoms with Crippen molar-refractivity contribution < 1.29 is 5.11 Å². The minimum absolute atomic E-state index is 0.0256. The van der Waals surface area contributed by atoms with Gasteiger partial charge >= 0.3 is 0 Å². The fraction of sp³-hybridized carbons (Fsp3) is 0.889. The zero-order valence-electron chi connectivity index (χ0n) is 7.29. The highest BCUT2D eigenvalue weighted by atomic mass is 16.3. The van der Waals surface area contributed by atoms with Crippen LogP contribution in [-0.2, 0) is 0 Å². The van der Waals surface area contributed by atoms with Gasteiger partial charge in [0.05, 0.1) is 11.9 Å². The van der Waals surface area contributed by atoms with Crippen LogP contribution in [0, 0.1) is 5.92 Å². The van der Waals surface area contributed by atoms with Gasteiger partial charge in [-0.1, -0.05) is 0 Å². The third kappa shape index (κ3) is 1.78. The summed E-state index contributed by atoms with van der Waals surface area (Å²) in [6.07, 6.45) is 4.24. The van der Waals surface area contributed by atoms with Crippen molar-refractivity contribution in [1.29, 1.82) is 0 Å². The molecule has 0 radical (unpaired) electrons. The van der Waals surface area contributed by atoms with E-state index in [9.17, 15) is 0 Å². The van der Waals surface area contributed by atoms with Gasteiger partial charge in [-0.3, -0.25) is 4.99 Å². The maximum Gasteiger partial charge on any atom is 0.0963 e. The van der Waals surface area contributed by atoms with Crippen molar-refractivity contribution in [1.82, 2.24) is 5.32 Å². The highest BCUT2D eigenvalue weighted by Crippen LogP contribution is 2.26. The molecule has 68 valence electrons. The number of hydrogen-bond donors (Lipinski definition) is 2. The molecule has 0 saturated heterocycles. The van der Waals surface area contributed by atoms with E-state index in [0.29, 0.717) is 5.92 Å². The first-order chi connectivity index (χ1) is 5.84. The number of nitrogens with one attached hydrogen (secondary N) is 1. The van der Waals surface area contributed by atoms with E-state index in [0.717, 1.165) is 32.4 Å². The molecule has 2 aliphatic rings. The molecule has 1 aliphatic carbocycles. The largest absolute Gasteiger partial charge is 0.393 e. The number of nitrogens with zero attached hydrogens (tertiary/aromatic N) is 1. The molecule has 0 spiro atoms. The monoisotopic (exact) mass is 168 g/mol. The first kappa shape index (κ1) is 8.05. The van der Waals surface area contributed by atoms with E-state index < -0.39 is 0 Å². The van der Waals surface area contributed by atoms with E-state index in [1.165, 1.54) is 12.3 Å². The van der Waals surface area contributed by atoms with Gasteiger partial charge in [-0.05, 0) is 25.2 Å². The van der Waals surface area contributed by atoms with E-state index in [1.807, 2.05) is 0 Å². The molecule has 3 heteroatoms. The van der Waals surface area contributed by atoms with Crippen LogP contribution >= 0.6 is 0 Å². The predicted octanol–water partition coefficient (Wildman–Crippen LogP) is 0.539. The number of hydrogen-bond acceptors (Lipinski definition) is 3. The van der Waals surface area contributed by atoms with E-state index in [-0.39, 0.29) is 6.10 Å². The van der Waals surface area contributed by atoms with Gasteiger partial charge in [0, 0.05) is 19.5 Å². The van der Waals surface area contributed by atoms with Gasteiger partial charge in [0.15, 0.2) is 0 Å². The van der Waals surface area contributed by atoms with E-state index >= 15 is 0 Å². The Kier molecular flexibility index (Phi) is 2.30. The van der Waals surface area contributed by atoms with E-state index in [4.69, 9.17) is 5.11 Å². The number of aliphatic hydroxyl groups excluding tert-OH is 1. The topological polar surface area (TPSA) is 44.6 Å². The predicted molar refractivity (Wildman–Crippen MR) is 48.3 cm³/mol. The quantitative estimate of drug-likeness (QED) is 0.632. The van der Waals surface area contributed by atoms with E-state index in [1.54, 1.807) is 0 Å². The first-order valence-corrected chi connectivity index (χ1v) is 4.80. The summed E-state index contributed by atoms with van der Waals surface area (Å²) >= 11 is 0. The molecular weight excluding hydrogens is 152 g/mol. The second kappa shape index (κ2) is 3.44. The average Bonchev–Trinajstić information content (AvgIpc) is 2.47. The van der Waals surface area contributed by atoms with Gasteiger partial charge in [-0.15, -0.1) is 0 Å². The molecule has 0 aromatic carbocycles. The third-order valence-corrected chi connectivity index (χ3v) is 2.68. The van der Waals surface area contributed by atoms with Crippen molar-refractivity contribution >= 4 is 5.84 Å². The molecule has 1 fully saturated rings. The molecule has 2 N–H and O–H groups in total. The number of amidine groups is 1. The highest BCUT2D eigenvalue weighted by molar-refractivity contribution is 5.83. The summed E-state index contributed by atoms with van der Waals surface area (Å²) in [7, 11) is 0. The normalized spacial score (nSPS) is 34.2. The minimum Gasteiger partial charge on any atom is -0.393 e. The van der Waals surface area contributed by atoms with Crippen LogP contribution in [0.25, 0.3) is 0 Å². The lowest BCUT2D eigenvalue weighted by Gasteiger charge is -2.31. The number of aliphatic imine (C=N–C) groups is 1. The van der Waals surface area contributed by atoms with Crippen molar-refractivity contribution in [3.63, 3.8) is 0 Å². The summed E-state index contributed by atoms with van der Waals surface area (Å²) in [5.74, 6) is 1.86. The fourth-order valence-corrected chi connectivity index (χ4v) is 1.81. The van der Waals surface area contributed by atoms with Crippen LogP contribution in [0.2, 0.25) is 0 Å². The molecule has 1 saturated carbocycles. The standard InChI is InChI=1S/C9H16N2O/c12-8-4-7(5-8)6-11-9-2-1-3-10-9/h7-8,12H,1-6H2,(H,10,11).